The number of carbonyl (C=O) groups excluding carboxylic acids is 1. The summed E-state index contributed by atoms with van der Waals surface area (Å²) in [4.78, 5) is 11.9. The van der Waals surface area contributed by atoms with Gasteiger partial charge in [0.1, 0.15) is 0 Å². The fourth-order valence-corrected chi connectivity index (χ4v) is 5.36. The van der Waals surface area contributed by atoms with Crippen LogP contribution in [0.1, 0.15) is 32.3 Å². The van der Waals surface area contributed by atoms with E-state index in [1.807, 2.05) is 13.8 Å². The molecule has 10 heteroatoms. The first-order valence-corrected chi connectivity index (χ1v) is 11.4. The highest BCUT2D eigenvalue weighted by Gasteiger charge is 2.36. The van der Waals surface area contributed by atoms with Crippen molar-refractivity contribution in [1.82, 2.24) is 4.72 Å². The molecule has 146 valence electrons. The highest BCUT2D eigenvalue weighted by atomic mass is 32.2. The fourth-order valence-electron chi connectivity index (χ4n) is 2.61. The van der Waals surface area contributed by atoms with Gasteiger partial charge in [0.15, 0.2) is 0 Å². The van der Waals surface area contributed by atoms with E-state index in [1.165, 1.54) is 18.2 Å². The van der Waals surface area contributed by atoms with Gasteiger partial charge in [-0.15, -0.1) is 0 Å². The van der Waals surface area contributed by atoms with E-state index in [4.69, 9.17) is 4.74 Å². The third-order valence-corrected chi connectivity index (χ3v) is 7.14. The summed E-state index contributed by atoms with van der Waals surface area (Å²) < 4.78 is 57.4. The maximum absolute atomic E-state index is 12.4. The SMILES string of the molecule is Cc1cc(N2C(=O)CCS2(=O)=O)ccc1S(=O)(=O)NCCCOC(C)C. The largest absolute Gasteiger partial charge is 0.379 e. The summed E-state index contributed by atoms with van der Waals surface area (Å²) in [5.74, 6) is -0.742. The Hall–Kier alpha value is -1.49. The van der Waals surface area contributed by atoms with Gasteiger partial charge < -0.3 is 4.74 Å². The molecule has 0 aliphatic carbocycles. The molecule has 0 spiro atoms. The molecule has 1 aliphatic heterocycles. The first-order valence-electron chi connectivity index (χ1n) is 8.32. The van der Waals surface area contributed by atoms with Crippen LogP contribution < -0.4 is 9.03 Å². The first kappa shape index (κ1) is 20.8. The molecule has 1 amide bonds. The zero-order valence-corrected chi connectivity index (χ0v) is 16.7. The van der Waals surface area contributed by atoms with Crippen molar-refractivity contribution in [1.29, 1.82) is 0 Å². The van der Waals surface area contributed by atoms with E-state index in [9.17, 15) is 21.6 Å². The number of aryl methyl sites for hydroxylation is 1. The average Bonchev–Trinajstić information content (AvgIpc) is 2.79. The third kappa shape index (κ3) is 4.81. The van der Waals surface area contributed by atoms with Crippen molar-refractivity contribution in [3.63, 3.8) is 0 Å². The standard InChI is InChI=1S/C16H24N2O6S2/c1-12(2)24-9-4-8-17-26(22,23)15-6-5-14(11-13(15)3)18-16(19)7-10-25(18,20)21/h5-6,11-12,17H,4,7-10H2,1-3H3. The zero-order chi connectivity index (χ0) is 19.5. The van der Waals surface area contributed by atoms with Gasteiger partial charge >= 0.3 is 0 Å². The van der Waals surface area contributed by atoms with Gasteiger partial charge in [0.05, 0.1) is 22.4 Å². The van der Waals surface area contributed by atoms with Crippen molar-refractivity contribution < 1.29 is 26.4 Å². The number of hydrogen-bond donors (Lipinski definition) is 1. The minimum absolute atomic E-state index is 0.0510. The molecule has 1 fully saturated rings. The summed E-state index contributed by atoms with van der Waals surface area (Å²) in [6.07, 6.45) is 0.558. The van der Waals surface area contributed by atoms with E-state index < -0.39 is 26.0 Å². The van der Waals surface area contributed by atoms with Crippen LogP contribution in [-0.2, 0) is 29.6 Å². The predicted molar refractivity (Wildman–Crippen MR) is 98.0 cm³/mol. The highest BCUT2D eigenvalue weighted by molar-refractivity contribution is 7.94. The Morgan fingerprint density at radius 2 is 2.00 bits per heavy atom. The van der Waals surface area contributed by atoms with Gasteiger partial charge in [-0.1, -0.05) is 0 Å². The lowest BCUT2D eigenvalue weighted by atomic mass is 10.2. The molecular weight excluding hydrogens is 380 g/mol. The molecule has 0 atom stereocenters. The Kier molecular flexibility index (Phi) is 6.43. The van der Waals surface area contributed by atoms with Gasteiger partial charge in [0.2, 0.25) is 26.0 Å². The minimum atomic E-state index is -3.73. The number of carbonyl (C=O) groups is 1. The Morgan fingerprint density at radius 3 is 2.54 bits per heavy atom. The monoisotopic (exact) mass is 404 g/mol. The van der Waals surface area contributed by atoms with Crippen molar-refractivity contribution >= 4 is 31.6 Å². The van der Waals surface area contributed by atoms with Crippen LogP contribution in [0.2, 0.25) is 0 Å². The maximum Gasteiger partial charge on any atom is 0.242 e. The van der Waals surface area contributed by atoms with Crippen LogP contribution in [-0.4, -0.2) is 47.8 Å². The second-order valence-corrected chi connectivity index (χ2v) is 10.0. The molecule has 1 aromatic rings. The van der Waals surface area contributed by atoms with Crippen molar-refractivity contribution in [3.05, 3.63) is 23.8 Å². The normalized spacial score (nSPS) is 17.2. The smallest absolute Gasteiger partial charge is 0.242 e. The molecule has 1 aliphatic rings. The lowest BCUT2D eigenvalue weighted by molar-refractivity contribution is -0.116. The molecule has 0 bridgehead atoms. The summed E-state index contributed by atoms with van der Waals surface area (Å²) in [5, 5.41) is 0. The maximum atomic E-state index is 12.4. The Labute approximate surface area is 154 Å². The second-order valence-electron chi connectivity index (χ2n) is 6.34. The summed E-state index contributed by atoms with van der Waals surface area (Å²) >= 11 is 0. The molecule has 1 saturated heterocycles. The average molecular weight is 405 g/mol. The number of hydrogen-bond acceptors (Lipinski definition) is 6. The van der Waals surface area contributed by atoms with Crippen molar-refractivity contribution in [2.75, 3.05) is 23.2 Å². The first-order chi connectivity index (χ1) is 12.0. The summed E-state index contributed by atoms with van der Waals surface area (Å²) in [5.41, 5.74) is 0.526. The molecule has 1 aromatic carbocycles. The van der Waals surface area contributed by atoms with Gasteiger partial charge in [-0.25, -0.2) is 25.9 Å². The topological polar surface area (TPSA) is 110 Å². The molecule has 1 N–H and O–H groups in total. The number of amides is 1. The zero-order valence-electron chi connectivity index (χ0n) is 15.1. The third-order valence-electron chi connectivity index (χ3n) is 3.83. The Morgan fingerprint density at radius 1 is 1.31 bits per heavy atom. The summed E-state index contributed by atoms with van der Waals surface area (Å²) in [6.45, 7) is 6.05. The van der Waals surface area contributed by atoms with Crippen LogP contribution in [0.4, 0.5) is 5.69 Å². The Bertz CT molecular complexity index is 878. The van der Waals surface area contributed by atoms with Crippen LogP contribution in [0.15, 0.2) is 23.1 Å². The van der Waals surface area contributed by atoms with Crippen LogP contribution in [0.3, 0.4) is 0 Å². The number of ether oxygens (including phenoxy) is 1. The number of nitrogens with zero attached hydrogens (tertiary/aromatic N) is 1. The van der Waals surface area contributed by atoms with Gasteiger partial charge in [-0.3, -0.25) is 4.79 Å². The molecule has 0 saturated carbocycles. The fraction of sp³-hybridized carbons (Fsp3) is 0.562. The molecule has 8 nitrogen and oxygen atoms in total. The van der Waals surface area contributed by atoms with E-state index in [0.717, 1.165) is 4.31 Å². The number of rotatable bonds is 8. The van der Waals surface area contributed by atoms with Crippen LogP contribution in [0.25, 0.3) is 0 Å². The van der Waals surface area contributed by atoms with E-state index in [0.29, 0.717) is 18.6 Å². The minimum Gasteiger partial charge on any atom is -0.379 e. The molecule has 0 aromatic heterocycles. The van der Waals surface area contributed by atoms with Crippen LogP contribution in [0, 0.1) is 6.92 Å². The van der Waals surface area contributed by atoms with E-state index >= 15 is 0 Å². The van der Waals surface area contributed by atoms with Crippen molar-refractivity contribution in [3.8, 4) is 0 Å². The predicted octanol–water partition coefficient (Wildman–Crippen LogP) is 1.15. The van der Waals surface area contributed by atoms with E-state index in [1.54, 1.807) is 6.92 Å². The summed E-state index contributed by atoms with van der Waals surface area (Å²) in [7, 11) is -7.41. The van der Waals surface area contributed by atoms with E-state index in [-0.39, 0.29) is 35.4 Å². The lowest BCUT2D eigenvalue weighted by Crippen LogP contribution is -2.30. The second kappa shape index (κ2) is 8.03. The van der Waals surface area contributed by atoms with Crippen LogP contribution in [0.5, 0.6) is 0 Å². The summed E-state index contributed by atoms with van der Waals surface area (Å²) in [6, 6.07) is 4.06. The van der Waals surface area contributed by atoms with Crippen LogP contribution >= 0.6 is 0 Å². The van der Waals surface area contributed by atoms with Gasteiger partial charge in [0.25, 0.3) is 0 Å². The van der Waals surface area contributed by atoms with Gasteiger partial charge in [-0.2, -0.15) is 0 Å². The van der Waals surface area contributed by atoms with Crippen molar-refractivity contribution in [2.24, 2.45) is 0 Å². The molecule has 0 radical (unpaired) electrons. The Balaban J connectivity index is 2.12. The lowest BCUT2D eigenvalue weighted by Gasteiger charge is -2.17. The number of anilines is 1. The van der Waals surface area contributed by atoms with Gasteiger partial charge in [-0.05, 0) is 51.0 Å². The highest BCUT2D eigenvalue weighted by Crippen LogP contribution is 2.28. The molecule has 1 heterocycles. The number of nitrogens with one attached hydrogen (secondary N) is 1. The molecule has 2 rings (SSSR count). The molecule has 26 heavy (non-hydrogen) atoms. The quantitative estimate of drug-likeness (QED) is 0.651. The molecular formula is C16H24N2O6S2. The molecule has 0 unspecified atom stereocenters. The number of benzene rings is 1. The number of sulfonamides is 2. The van der Waals surface area contributed by atoms with E-state index in [2.05, 4.69) is 4.72 Å². The van der Waals surface area contributed by atoms with Gasteiger partial charge in [0, 0.05) is 19.6 Å². The van der Waals surface area contributed by atoms with Crippen molar-refractivity contribution in [2.45, 2.75) is 44.6 Å².